The predicted molar refractivity (Wildman–Crippen MR) is 45.6 cm³/mol. The number of rotatable bonds is 1. The van der Waals surface area contributed by atoms with E-state index >= 15 is 0 Å². The fourth-order valence-electron chi connectivity index (χ4n) is 0.931. The summed E-state index contributed by atoms with van der Waals surface area (Å²) in [6.07, 6.45) is -3.90. The molecule has 0 saturated carbocycles. The molecule has 0 amide bonds. The molecule has 0 fully saturated rings. The van der Waals surface area contributed by atoms with E-state index in [1.54, 1.807) is 0 Å². The molecule has 0 aromatic carbocycles. The number of hydrogen-bond acceptors (Lipinski definition) is 3. The van der Waals surface area contributed by atoms with Crippen molar-refractivity contribution in [1.82, 2.24) is 4.98 Å². The molecule has 0 N–H and O–H groups in total. The van der Waals surface area contributed by atoms with E-state index in [1.807, 2.05) is 0 Å². The smallest absolute Gasteiger partial charge is 0.434 e. The zero-order valence-corrected chi connectivity index (χ0v) is 8.19. The minimum Gasteiger partial charge on any atom is -0.465 e. The topological polar surface area (TPSA) is 39.2 Å². The summed E-state index contributed by atoms with van der Waals surface area (Å²) in [4.78, 5) is 14.1. The molecule has 1 aromatic heterocycles. The fraction of sp³-hybridized carbons (Fsp3) is 0.250. The number of alkyl halides is 3. The van der Waals surface area contributed by atoms with Gasteiger partial charge in [0.2, 0.25) is 0 Å². The number of pyridine rings is 1. The normalized spacial score (nSPS) is 11.3. The van der Waals surface area contributed by atoms with E-state index in [4.69, 9.17) is 11.6 Å². The van der Waals surface area contributed by atoms with Crippen molar-refractivity contribution in [3.8, 4) is 0 Å². The molecule has 3 nitrogen and oxygen atoms in total. The van der Waals surface area contributed by atoms with E-state index in [9.17, 15) is 18.0 Å². The molecule has 82 valence electrons. The third kappa shape index (κ3) is 2.59. The number of carbonyl (C=O) groups excluding carboxylic acids is 1. The Balaban J connectivity index is 3.33. The summed E-state index contributed by atoms with van der Waals surface area (Å²) in [7, 11) is 0.976. The highest BCUT2D eigenvalue weighted by molar-refractivity contribution is 6.30. The summed E-state index contributed by atoms with van der Waals surface area (Å²) in [6, 6.07) is 0.864. The van der Waals surface area contributed by atoms with E-state index in [2.05, 4.69) is 9.72 Å². The van der Waals surface area contributed by atoms with Gasteiger partial charge in [0, 0.05) is 6.20 Å². The first kappa shape index (κ1) is 11.8. The summed E-state index contributed by atoms with van der Waals surface area (Å²) >= 11 is 5.43. The molecule has 0 unspecified atom stereocenters. The Hall–Kier alpha value is -1.30. The van der Waals surface area contributed by atoms with Crippen LogP contribution in [0.3, 0.4) is 0 Å². The lowest BCUT2D eigenvalue weighted by molar-refractivity contribution is -0.141. The van der Waals surface area contributed by atoms with Crippen LogP contribution in [-0.2, 0) is 10.9 Å². The molecule has 0 spiro atoms. The van der Waals surface area contributed by atoms with Crippen molar-refractivity contribution >= 4 is 17.6 Å². The number of methoxy groups -OCH3 is 1. The molecule has 0 aliphatic carbocycles. The maximum atomic E-state index is 12.4. The Morgan fingerprint density at radius 1 is 1.53 bits per heavy atom. The molecule has 1 rings (SSSR count). The van der Waals surface area contributed by atoms with Crippen molar-refractivity contribution in [3.63, 3.8) is 0 Å². The quantitative estimate of drug-likeness (QED) is 0.707. The number of nitrogens with zero attached hydrogens (tertiary/aromatic N) is 1. The number of ether oxygens (including phenoxy) is 1. The number of halogens is 4. The van der Waals surface area contributed by atoms with Crippen LogP contribution in [0.4, 0.5) is 13.2 Å². The van der Waals surface area contributed by atoms with Gasteiger partial charge < -0.3 is 4.74 Å². The minimum atomic E-state index is -4.71. The number of esters is 1. The lowest BCUT2D eigenvalue weighted by Gasteiger charge is -2.09. The Kier molecular flexibility index (Phi) is 3.18. The van der Waals surface area contributed by atoms with E-state index in [0.29, 0.717) is 0 Å². The van der Waals surface area contributed by atoms with Crippen LogP contribution in [0.15, 0.2) is 12.3 Å². The van der Waals surface area contributed by atoms with Crippen LogP contribution in [-0.4, -0.2) is 18.1 Å². The highest BCUT2D eigenvalue weighted by Gasteiger charge is 2.37. The number of aromatic nitrogens is 1. The molecule has 0 aliphatic rings. The fourth-order valence-corrected chi connectivity index (χ4v) is 1.09. The Labute approximate surface area is 87.8 Å². The standard InChI is InChI=1S/C8H5ClF3NO2/c1-15-7(14)5-2-4(9)3-13-6(5)8(10,11)12/h2-3H,1H3. The van der Waals surface area contributed by atoms with Crippen LogP contribution in [0.25, 0.3) is 0 Å². The Morgan fingerprint density at radius 2 is 2.13 bits per heavy atom. The average molecular weight is 240 g/mol. The van der Waals surface area contributed by atoms with Crippen molar-refractivity contribution in [2.75, 3.05) is 7.11 Å². The van der Waals surface area contributed by atoms with Crippen LogP contribution in [0.2, 0.25) is 5.02 Å². The van der Waals surface area contributed by atoms with Crippen molar-refractivity contribution < 1.29 is 22.7 Å². The summed E-state index contributed by atoms with van der Waals surface area (Å²) in [5.41, 5.74) is -2.00. The molecular formula is C8H5ClF3NO2. The summed E-state index contributed by atoms with van der Waals surface area (Å²) in [5, 5.41) is -0.0663. The minimum absolute atomic E-state index is 0.0663. The second-order valence-corrected chi connectivity index (χ2v) is 2.98. The summed E-state index contributed by atoms with van der Waals surface area (Å²) < 4.78 is 41.3. The van der Waals surface area contributed by atoms with Crippen molar-refractivity contribution in [2.24, 2.45) is 0 Å². The molecule has 7 heteroatoms. The SMILES string of the molecule is COC(=O)c1cc(Cl)cnc1C(F)(F)F. The maximum Gasteiger partial charge on any atom is 0.434 e. The van der Waals surface area contributed by atoms with Crippen molar-refractivity contribution in [3.05, 3.63) is 28.5 Å². The molecular weight excluding hydrogens is 235 g/mol. The van der Waals surface area contributed by atoms with Gasteiger partial charge in [-0.15, -0.1) is 0 Å². The van der Waals surface area contributed by atoms with Crippen LogP contribution in [0.5, 0.6) is 0 Å². The molecule has 0 aliphatic heterocycles. The van der Waals surface area contributed by atoms with Gasteiger partial charge in [0.25, 0.3) is 0 Å². The molecule has 1 heterocycles. The van der Waals surface area contributed by atoms with Crippen LogP contribution < -0.4 is 0 Å². The largest absolute Gasteiger partial charge is 0.465 e. The van der Waals surface area contributed by atoms with Gasteiger partial charge in [-0.05, 0) is 6.07 Å². The Morgan fingerprint density at radius 3 is 2.60 bits per heavy atom. The third-order valence-electron chi connectivity index (χ3n) is 1.53. The van der Waals surface area contributed by atoms with Crippen LogP contribution >= 0.6 is 11.6 Å². The zero-order chi connectivity index (χ0) is 11.6. The first-order chi connectivity index (χ1) is 6.86. The molecule has 0 bridgehead atoms. The molecule has 1 aromatic rings. The lowest BCUT2D eigenvalue weighted by Crippen LogP contribution is -2.16. The predicted octanol–water partition coefficient (Wildman–Crippen LogP) is 2.54. The van der Waals surface area contributed by atoms with E-state index in [-0.39, 0.29) is 5.02 Å². The maximum absolute atomic E-state index is 12.4. The Bertz CT molecular complexity index is 392. The molecule has 0 atom stereocenters. The average Bonchev–Trinajstić information content (AvgIpc) is 2.14. The highest BCUT2D eigenvalue weighted by Crippen LogP contribution is 2.31. The number of carbonyl (C=O) groups is 1. The second kappa shape index (κ2) is 4.06. The number of hydrogen-bond donors (Lipinski definition) is 0. The van der Waals surface area contributed by atoms with Crippen molar-refractivity contribution in [1.29, 1.82) is 0 Å². The summed E-state index contributed by atoms with van der Waals surface area (Å²) in [5.74, 6) is -1.13. The molecule has 0 radical (unpaired) electrons. The highest BCUT2D eigenvalue weighted by atomic mass is 35.5. The van der Waals surface area contributed by atoms with Crippen molar-refractivity contribution in [2.45, 2.75) is 6.18 Å². The second-order valence-electron chi connectivity index (χ2n) is 2.54. The van der Waals surface area contributed by atoms with Gasteiger partial charge in [-0.3, -0.25) is 0 Å². The van der Waals surface area contributed by atoms with Gasteiger partial charge in [-0.2, -0.15) is 13.2 Å². The first-order valence-corrected chi connectivity index (χ1v) is 4.05. The molecule has 0 saturated heterocycles. The molecule has 15 heavy (non-hydrogen) atoms. The van der Waals surface area contributed by atoms with Gasteiger partial charge in [0.15, 0.2) is 5.69 Å². The third-order valence-corrected chi connectivity index (χ3v) is 1.73. The monoisotopic (exact) mass is 239 g/mol. The van der Waals surface area contributed by atoms with Crippen LogP contribution in [0, 0.1) is 0 Å². The van der Waals surface area contributed by atoms with Gasteiger partial charge in [-0.25, -0.2) is 9.78 Å². The van der Waals surface area contributed by atoms with E-state index < -0.39 is 23.4 Å². The lowest BCUT2D eigenvalue weighted by atomic mass is 10.2. The zero-order valence-electron chi connectivity index (χ0n) is 7.43. The van der Waals surface area contributed by atoms with E-state index in [0.717, 1.165) is 19.4 Å². The summed E-state index contributed by atoms with van der Waals surface area (Å²) in [6.45, 7) is 0. The first-order valence-electron chi connectivity index (χ1n) is 3.67. The van der Waals surface area contributed by atoms with Gasteiger partial charge in [-0.1, -0.05) is 11.6 Å². The van der Waals surface area contributed by atoms with E-state index in [1.165, 1.54) is 0 Å². The van der Waals surface area contributed by atoms with Gasteiger partial charge in [0.05, 0.1) is 17.7 Å². The van der Waals surface area contributed by atoms with Gasteiger partial charge >= 0.3 is 12.1 Å². The van der Waals surface area contributed by atoms with Gasteiger partial charge in [0.1, 0.15) is 0 Å². The van der Waals surface area contributed by atoms with Crippen LogP contribution in [0.1, 0.15) is 16.1 Å².